The van der Waals surface area contributed by atoms with Gasteiger partial charge in [0.15, 0.2) is 17.5 Å². The molecule has 0 spiro atoms. The molecule has 0 radical (unpaired) electrons. The first-order valence-corrected chi connectivity index (χ1v) is 10.0. The Hall–Kier alpha value is -3.26. The van der Waals surface area contributed by atoms with E-state index < -0.39 is 0 Å². The lowest BCUT2D eigenvalue weighted by molar-refractivity contribution is 0.00670. The van der Waals surface area contributed by atoms with Crippen LogP contribution in [-0.2, 0) is 11.3 Å². The fraction of sp³-hybridized carbons (Fsp3) is 0.318. The molecule has 0 atom stereocenters. The zero-order valence-electron chi connectivity index (χ0n) is 17.1. The third-order valence-corrected chi connectivity index (χ3v) is 4.92. The van der Waals surface area contributed by atoms with E-state index in [1.807, 2.05) is 30.2 Å². The van der Waals surface area contributed by atoms with Crippen molar-refractivity contribution in [3.63, 3.8) is 0 Å². The van der Waals surface area contributed by atoms with E-state index in [0.717, 1.165) is 42.4 Å². The van der Waals surface area contributed by atoms with Gasteiger partial charge in [-0.2, -0.15) is 5.10 Å². The lowest BCUT2D eigenvalue weighted by Gasteiger charge is -2.24. The fourth-order valence-corrected chi connectivity index (χ4v) is 3.17. The molecular weight excluding hydrogens is 383 g/mol. The molecular formula is C22H25FN6O. The Balaban J connectivity index is 1.55. The quantitative estimate of drug-likeness (QED) is 0.580. The monoisotopic (exact) mass is 408 g/mol. The summed E-state index contributed by atoms with van der Waals surface area (Å²) in [6, 6.07) is 8.46. The number of nitrogens with zero attached hydrogens (tertiary/aromatic N) is 4. The topological polar surface area (TPSA) is 79.0 Å². The van der Waals surface area contributed by atoms with E-state index >= 15 is 0 Å². The summed E-state index contributed by atoms with van der Waals surface area (Å²) in [6.07, 6.45) is 6.62. The van der Waals surface area contributed by atoms with Gasteiger partial charge in [0.1, 0.15) is 11.5 Å². The first-order valence-electron chi connectivity index (χ1n) is 10.0. The summed E-state index contributed by atoms with van der Waals surface area (Å²) >= 11 is 0. The molecule has 1 aromatic carbocycles. The summed E-state index contributed by atoms with van der Waals surface area (Å²) < 4.78 is 18.5. The Morgan fingerprint density at radius 2 is 2.07 bits per heavy atom. The predicted molar refractivity (Wildman–Crippen MR) is 115 cm³/mol. The molecule has 0 amide bonds. The van der Waals surface area contributed by atoms with Crippen molar-refractivity contribution < 1.29 is 9.13 Å². The van der Waals surface area contributed by atoms with E-state index in [0.29, 0.717) is 24.1 Å². The van der Waals surface area contributed by atoms with Crippen LogP contribution in [0.5, 0.6) is 0 Å². The molecule has 2 N–H and O–H groups in total. The number of ether oxygens (including phenoxy) is 1. The Morgan fingerprint density at radius 3 is 2.77 bits per heavy atom. The number of benzene rings is 1. The molecule has 1 fully saturated rings. The van der Waals surface area contributed by atoms with Gasteiger partial charge < -0.3 is 15.0 Å². The highest BCUT2D eigenvalue weighted by molar-refractivity contribution is 5.64. The van der Waals surface area contributed by atoms with Gasteiger partial charge in [-0.15, -0.1) is 0 Å². The third kappa shape index (κ3) is 4.65. The lowest BCUT2D eigenvalue weighted by atomic mass is 10.0. The van der Waals surface area contributed by atoms with Crippen LogP contribution in [-0.4, -0.2) is 40.4 Å². The average Bonchev–Trinajstić information content (AvgIpc) is 3.15. The van der Waals surface area contributed by atoms with Gasteiger partial charge in [-0.1, -0.05) is 25.1 Å². The van der Waals surface area contributed by atoms with E-state index in [4.69, 9.17) is 9.72 Å². The van der Waals surface area contributed by atoms with Crippen molar-refractivity contribution >= 4 is 23.5 Å². The Morgan fingerprint density at radius 1 is 1.27 bits per heavy atom. The molecule has 0 bridgehead atoms. The SMILES string of the molecule is CC/C=C/c1ncc(Nc2cc(C3COC3)[nH]n2)nc1N(C)Cc1ccc(F)cc1. The van der Waals surface area contributed by atoms with Crippen LogP contribution in [0.2, 0.25) is 0 Å². The van der Waals surface area contributed by atoms with Gasteiger partial charge in [0.2, 0.25) is 0 Å². The van der Waals surface area contributed by atoms with Crippen LogP contribution < -0.4 is 10.2 Å². The van der Waals surface area contributed by atoms with Gasteiger partial charge in [0, 0.05) is 31.3 Å². The maximum atomic E-state index is 13.2. The van der Waals surface area contributed by atoms with Gasteiger partial charge in [-0.25, -0.2) is 14.4 Å². The molecule has 156 valence electrons. The number of allylic oxidation sites excluding steroid dienone is 1. The molecule has 0 unspecified atom stereocenters. The highest BCUT2D eigenvalue weighted by atomic mass is 19.1. The molecule has 1 saturated heterocycles. The van der Waals surface area contributed by atoms with Crippen LogP contribution in [0.3, 0.4) is 0 Å². The number of aromatic nitrogens is 4. The maximum absolute atomic E-state index is 13.2. The minimum Gasteiger partial charge on any atom is -0.380 e. The van der Waals surface area contributed by atoms with E-state index in [1.165, 1.54) is 12.1 Å². The highest BCUT2D eigenvalue weighted by Gasteiger charge is 2.22. The molecule has 3 heterocycles. The van der Waals surface area contributed by atoms with Crippen LogP contribution in [0, 0.1) is 5.82 Å². The standard InChI is InChI=1S/C22H25FN6O/c1-3-4-5-18-22(29(2)12-15-6-8-17(23)9-7-15)26-21(11-24-18)25-20-10-19(27-28-20)16-13-30-14-16/h4-11,16H,3,12-14H2,1-2H3,(H2,25,26,27,28)/b5-4+. The molecule has 2 aromatic heterocycles. The number of anilines is 3. The van der Waals surface area contributed by atoms with Crippen molar-refractivity contribution in [2.75, 3.05) is 30.5 Å². The Kier molecular flexibility index (Phi) is 6.04. The smallest absolute Gasteiger partial charge is 0.157 e. The number of hydrogen-bond acceptors (Lipinski definition) is 6. The fourth-order valence-electron chi connectivity index (χ4n) is 3.17. The minimum absolute atomic E-state index is 0.245. The molecule has 0 aliphatic carbocycles. The number of nitrogens with one attached hydrogen (secondary N) is 2. The highest BCUT2D eigenvalue weighted by Crippen LogP contribution is 2.26. The number of rotatable bonds is 8. The summed E-state index contributed by atoms with van der Waals surface area (Å²) in [5.41, 5.74) is 2.82. The summed E-state index contributed by atoms with van der Waals surface area (Å²) in [5.74, 6) is 2.16. The van der Waals surface area contributed by atoms with E-state index in [1.54, 1.807) is 18.3 Å². The van der Waals surface area contributed by atoms with Crippen LogP contribution in [0.15, 0.2) is 42.6 Å². The van der Waals surface area contributed by atoms with E-state index in [-0.39, 0.29) is 5.82 Å². The van der Waals surface area contributed by atoms with Crippen LogP contribution in [0.4, 0.5) is 21.8 Å². The second-order valence-electron chi connectivity index (χ2n) is 7.33. The van der Waals surface area contributed by atoms with Crippen LogP contribution in [0.1, 0.15) is 36.2 Å². The Labute approximate surface area is 175 Å². The zero-order chi connectivity index (χ0) is 20.9. The van der Waals surface area contributed by atoms with Crippen LogP contribution >= 0.6 is 0 Å². The summed E-state index contributed by atoms with van der Waals surface area (Å²) in [4.78, 5) is 11.4. The molecule has 0 saturated carbocycles. The van der Waals surface area contributed by atoms with E-state index in [9.17, 15) is 4.39 Å². The summed E-state index contributed by atoms with van der Waals surface area (Å²) in [5, 5.41) is 10.6. The first-order chi connectivity index (χ1) is 14.6. The van der Waals surface area contributed by atoms with Crippen molar-refractivity contribution in [3.05, 3.63) is 65.4 Å². The lowest BCUT2D eigenvalue weighted by Crippen LogP contribution is -2.25. The predicted octanol–water partition coefficient (Wildman–Crippen LogP) is 4.26. The first kappa shape index (κ1) is 20.0. The molecule has 1 aliphatic heterocycles. The van der Waals surface area contributed by atoms with Gasteiger partial charge in [-0.3, -0.25) is 5.10 Å². The Bertz CT molecular complexity index is 1010. The molecule has 30 heavy (non-hydrogen) atoms. The van der Waals surface area contributed by atoms with Gasteiger partial charge in [0.05, 0.1) is 19.4 Å². The maximum Gasteiger partial charge on any atom is 0.157 e. The second kappa shape index (κ2) is 9.04. The van der Waals surface area contributed by atoms with Crippen LogP contribution in [0.25, 0.3) is 6.08 Å². The van der Waals surface area contributed by atoms with E-state index in [2.05, 4.69) is 27.4 Å². The third-order valence-electron chi connectivity index (χ3n) is 4.92. The van der Waals surface area contributed by atoms with Crippen molar-refractivity contribution in [2.45, 2.75) is 25.8 Å². The molecule has 7 nitrogen and oxygen atoms in total. The summed E-state index contributed by atoms with van der Waals surface area (Å²) in [6.45, 7) is 4.10. The van der Waals surface area contributed by atoms with Crippen molar-refractivity contribution in [1.29, 1.82) is 0 Å². The number of halogens is 1. The van der Waals surface area contributed by atoms with Crippen molar-refractivity contribution in [3.8, 4) is 0 Å². The average molecular weight is 408 g/mol. The molecule has 3 aromatic rings. The van der Waals surface area contributed by atoms with Crippen molar-refractivity contribution in [1.82, 2.24) is 20.2 Å². The summed E-state index contributed by atoms with van der Waals surface area (Å²) in [7, 11) is 1.95. The molecule has 8 heteroatoms. The number of hydrogen-bond donors (Lipinski definition) is 2. The van der Waals surface area contributed by atoms with Gasteiger partial charge in [-0.05, 0) is 30.2 Å². The normalized spacial score (nSPS) is 14.1. The molecule has 1 aliphatic rings. The molecule has 4 rings (SSSR count). The van der Waals surface area contributed by atoms with Gasteiger partial charge in [0.25, 0.3) is 0 Å². The number of aromatic amines is 1. The largest absolute Gasteiger partial charge is 0.380 e. The zero-order valence-corrected chi connectivity index (χ0v) is 17.1. The van der Waals surface area contributed by atoms with Gasteiger partial charge >= 0.3 is 0 Å². The van der Waals surface area contributed by atoms with Crippen molar-refractivity contribution in [2.24, 2.45) is 0 Å². The number of H-pyrrole nitrogens is 1. The second-order valence-corrected chi connectivity index (χ2v) is 7.33. The minimum atomic E-state index is -0.245.